The van der Waals surface area contributed by atoms with Crippen LogP contribution < -0.4 is 20.1 Å². The number of benzene rings is 2. The van der Waals surface area contributed by atoms with E-state index in [0.29, 0.717) is 24.6 Å². The predicted molar refractivity (Wildman–Crippen MR) is 130 cm³/mol. The van der Waals surface area contributed by atoms with E-state index in [1.54, 1.807) is 26.6 Å². The van der Waals surface area contributed by atoms with Crippen LogP contribution in [-0.4, -0.2) is 47.1 Å². The van der Waals surface area contributed by atoms with Crippen molar-refractivity contribution in [2.24, 2.45) is 5.73 Å². The Hall–Kier alpha value is -4.09. The Labute approximate surface area is 193 Å². The number of rotatable bonds is 9. The molecule has 0 unspecified atom stereocenters. The Morgan fingerprint density at radius 2 is 1.82 bits per heavy atom. The van der Waals surface area contributed by atoms with Gasteiger partial charge in [0.1, 0.15) is 11.5 Å². The van der Waals surface area contributed by atoms with Gasteiger partial charge < -0.3 is 20.1 Å². The lowest BCUT2D eigenvalue weighted by atomic mass is 10.2. The smallest absolute Gasteiger partial charge is 0.124 e. The standard InChI is InChI=1S/C25H26N6O2/c1-4-9-31(20-11-21(32-2)14-22(12-20)33-3)19-6-7-23-24(13-19)29-25(16-27-23)18-15-28-30(17-18)10-5-8-26/h1,6-7,11-17H,5,8-10,26H2,2-3H3. The van der Waals surface area contributed by atoms with E-state index in [1.165, 1.54) is 0 Å². The number of anilines is 2. The van der Waals surface area contributed by atoms with Crippen molar-refractivity contribution < 1.29 is 9.47 Å². The van der Waals surface area contributed by atoms with Crippen molar-refractivity contribution in [3.05, 3.63) is 55.0 Å². The fourth-order valence-electron chi connectivity index (χ4n) is 3.55. The predicted octanol–water partition coefficient (Wildman–Crippen LogP) is 3.63. The largest absolute Gasteiger partial charge is 0.497 e. The fourth-order valence-corrected chi connectivity index (χ4v) is 3.55. The summed E-state index contributed by atoms with van der Waals surface area (Å²) in [5, 5.41) is 4.39. The molecule has 2 aromatic heterocycles. The molecule has 4 rings (SSSR count). The zero-order valence-corrected chi connectivity index (χ0v) is 18.7. The van der Waals surface area contributed by atoms with Gasteiger partial charge in [0.25, 0.3) is 0 Å². The minimum Gasteiger partial charge on any atom is -0.497 e. The number of methoxy groups -OCH3 is 2. The van der Waals surface area contributed by atoms with Crippen LogP contribution in [0.5, 0.6) is 11.5 Å². The molecule has 2 N–H and O–H groups in total. The zero-order chi connectivity index (χ0) is 23.2. The van der Waals surface area contributed by atoms with Gasteiger partial charge in [-0.2, -0.15) is 5.10 Å². The normalized spacial score (nSPS) is 10.7. The molecule has 0 amide bonds. The molecule has 2 heterocycles. The molecule has 0 radical (unpaired) electrons. The van der Waals surface area contributed by atoms with Gasteiger partial charge in [-0.1, -0.05) is 5.92 Å². The van der Waals surface area contributed by atoms with Crippen molar-refractivity contribution >= 4 is 22.4 Å². The van der Waals surface area contributed by atoms with E-state index in [9.17, 15) is 0 Å². The average Bonchev–Trinajstić information content (AvgIpc) is 3.34. The van der Waals surface area contributed by atoms with Crippen molar-refractivity contribution in [3.8, 4) is 35.1 Å². The maximum atomic E-state index is 5.70. The Morgan fingerprint density at radius 3 is 2.52 bits per heavy atom. The summed E-state index contributed by atoms with van der Waals surface area (Å²) in [6.07, 6.45) is 12.1. The van der Waals surface area contributed by atoms with Crippen LogP contribution in [0.4, 0.5) is 11.4 Å². The molecule has 0 spiro atoms. The van der Waals surface area contributed by atoms with Crippen LogP contribution in [0.3, 0.4) is 0 Å². The highest BCUT2D eigenvalue weighted by molar-refractivity contribution is 5.83. The zero-order valence-electron chi connectivity index (χ0n) is 18.7. The molecule has 2 aromatic carbocycles. The molecule has 0 bridgehead atoms. The first-order valence-electron chi connectivity index (χ1n) is 10.6. The van der Waals surface area contributed by atoms with Gasteiger partial charge in [0.2, 0.25) is 0 Å². The summed E-state index contributed by atoms with van der Waals surface area (Å²) in [5.74, 6) is 4.10. The SMILES string of the molecule is C#CCN(c1cc(OC)cc(OC)c1)c1ccc2ncc(-c3cnn(CCCN)c3)nc2c1. The molecule has 0 aliphatic heterocycles. The molecule has 33 heavy (non-hydrogen) atoms. The van der Waals surface area contributed by atoms with Crippen molar-refractivity contribution in [2.75, 3.05) is 32.2 Å². The van der Waals surface area contributed by atoms with Crippen LogP contribution in [0.1, 0.15) is 6.42 Å². The van der Waals surface area contributed by atoms with E-state index < -0.39 is 0 Å². The molecule has 0 aliphatic carbocycles. The molecule has 0 saturated heterocycles. The summed E-state index contributed by atoms with van der Waals surface area (Å²) in [6.45, 7) is 1.76. The second-order valence-corrected chi connectivity index (χ2v) is 7.42. The summed E-state index contributed by atoms with van der Waals surface area (Å²) in [6, 6.07) is 11.6. The second-order valence-electron chi connectivity index (χ2n) is 7.42. The van der Waals surface area contributed by atoms with E-state index in [0.717, 1.165) is 46.6 Å². The van der Waals surface area contributed by atoms with E-state index >= 15 is 0 Å². The lowest BCUT2D eigenvalue weighted by molar-refractivity contribution is 0.394. The van der Waals surface area contributed by atoms with Gasteiger partial charge in [0.15, 0.2) is 0 Å². The number of nitrogens with zero attached hydrogens (tertiary/aromatic N) is 5. The van der Waals surface area contributed by atoms with E-state index in [-0.39, 0.29) is 0 Å². The maximum Gasteiger partial charge on any atom is 0.124 e. The lowest BCUT2D eigenvalue weighted by Gasteiger charge is -2.24. The monoisotopic (exact) mass is 442 g/mol. The third-order valence-electron chi connectivity index (χ3n) is 5.26. The topological polar surface area (TPSA) is 91.3 Å². The third-order valence-corrected chi connectivity index (χ3v) is 5.26. The summed E-state index contributed by atoms with van der Waals surface area (Å²) in [5.41, 5.74) is 10.6. The molecular weight excluding hydrogens is 416 g/mol. The van der Waals surface area contributed by atoms with Crippen LogP contribution in [-0.2, 0) is 6.54 Å². The number of aryl methyl sites for hydroxylation is 1. The molecule has 0 fully saturated rings. The first-order chi connectivity index (χ1) is 16.1. The lowest BCUT2D eigenvalue weighted by Crippen LogP contribution is -2.17. The molecule has 8 heteroatoms. The van der Waals surface area contributed by atoms with Gasteiger partial charge in [-0.15, -0.1) is 6.42 Å². The quantitative estimate of drug-likeness (QED) is 0.396. The Bertz CT molecular complexity index is 1270. The molecule has 0 atom stereocenters. The van der Waals surface area contributed by atoms with Crippen molar-refractivity contribution in [1.29, 1.82) is 0 Å². The fraction of sp³-hybridized carbons (Fsp3) is 0.240. The van der Waals surface area contributed by atoms with Crippen LogP contribution in [0.15, 0.2) is 55.0 Å². The first kappa shape index (κ1) is 22.1. The molecule has 168 valence electrons. The van der Waals surface area contributed by atoms with Gasteiger partial charge in [-0.05, 0) is 31.2 Å². The summed E-state index contributed by atoms with van der Waals surface area (Å²) >= 11 is 0. The number of fused-ring (bicyclic) bond motifs is 1. The third kappa shape index (κ3) is 4.89. The van der Waals surface area contributed by atoms with Gasteiger partial charge in [-0.25, -0.2) is 4.98 Å². The average molecular weight is 443 g/mol. The summed E-state index contributed by atoms with van der Waals surface area (Å²) in [4.78, 5) is 11.4. The minimum atomic E-state index is 0.364. The molecule has 8 nitrogen and oxygen atoms in total. The van der Waals surface area contributed by atoms with Crippen molar-refractivity contribution in [3.63, 3.8) is 0 Å². The van der Waals surface area contributed by atoms with Crippen molar-refractivity contribution in [2.45, 2.75) is 13.0 Å². The Balaban J connectivity index is 1.72. The van der Waals surface area contributed by atoms with Gasteiger partial charge in [0, 0.05) is 47.9 Å². The highest BCUT2D eigenvalue weighted by atomic mass is 16.5. The number of terminal acetylenes is 1. The van der Waals surface area contributed by atoms with Gasteiger partial charge in [0.05, 0.1) is 49.9 Å². The van der Waals surface area contributed by atoms with Crippen LogP contribution in [0.25, 0.3) is 22.3 Å². The van der Waals surface area contributed by atoms with Gasteiger partial charge in [-0.3, -0.25) is 9.67 Å². The first-order valence-corrected chi connectivity index (χ1v) is 10.6. The summed E-state index contributed by atoms with van der Waals surface area (Å²) in [7, 11) is 3.24. The van der Waals surface area contributed by atoms with Crippen LogP contribution in [0, 0.1) is 12.3 Å². The molecule has 0 aliphatic rings. The number of hydrogen-bond acceptors (Lipinski definition) is 7. The van der Waals surface area contributed by atoms with E-state index in [4.69, 9.17) is 26.6 Å². The highest BCUT2D eigenvalue weighted by Crippen LogP contribution is 2.33. The Kier molecular flexibility index (Phi) is 6.72. The minimum absolute atomic E-state index is 0.364. The van der Waals surface area contributed by atoms with Gasteiger partial charge >= 0.3 is 0 Å². The number of hydrogen-bond donors (Lipinski definition) is 1. The number of aromatic nitrogens is 4. The van der Waals surface area contributed by atoms with Crippen LogP contribution >= 0.6 is 0 Å². The van der Waals surface area contributed by atoms with Crippen molar-refractivity contribution in [1.82, 2.24) is 19.7 Å². The highest BCUT2D eigenvalue weighted by Gasteiger charge is 2.14. The number of nitrogens with two attached hydrogens (primary N) is 1. The molecule has 0 saturated carbocycles. The number of ether oxygens (including phenoxy) is 2. The second kappa shape index (κ2) is 10.0. The summed E-state index contributed by atoms with van der Waals surface area (Å²) < 4.78 is 12.7. The Morgan fingerprint density at radius 1 is 1.03 bits per heavy atom. The molecule has 4 aromatic rings. The van der Waals surface area contributed by atoms with E-state index in [2.05, 4.69) is 16.0 Å². The molecular formula is C25H26N6O2. The van der Waals surface area contributed by atoms with E-state index in [1.807, 2.05) is 52.2 Å². The van der Waals surface area contributed by atoms with Crippen LogP contribution in [0.2, 0.25) is 0 Å². The maximum absolute atomic E-state index is 5.70.